The van der Waals surface area contributed by atoms with Crippen molar-refractivity contribution in [1.82, 2.24) is 9.27 Å². The quantitative estimate of drug-likeness (QED) is 0.389. The van der Waals surface area contributed by atoms with Gasteiger partial charge >= 0.3 is 0 Å². The van der Waals surface area contributed by atoms with Crippen LogP contribution in [0.3, 0.4) is 0 Å². The van der Waals surface area contributed by atoms with Crippen LogP contribution in [0.15, 0.2) is 55.1 Å². The van der Waals surface area contributed by atoms with Gasteiger partial charge in [-0.25, -0.2) is 4.39 Å². The van der Waals surface area contributed by atoms with Crippen LogP contribution in [0.25, 0.3) is 32.8 Å². The third-order valence-electron chi connectivity index (χ3n) is 6.78. The molecular weight excluding hydrogens is 461 g/mol. The lowest BCUT2D eigenvalue weighted by atomic mass is 9.96. The first-order valence-corrected chi connectivity index (χ1v) is 11.8. The van der Waals surface area contributed by atoms with Crippen LogP contribution in [0.5, 0.6) is 5.75 Å². The predicted octanol–water partition coefficient (Wildman–Crippen LogP) is 5.59. The van der Waals surface area contributed by atoms with E-state index in [0.29, 0.717) is 17.5 Å². The van der Waals surface area contributed by atoms with E-state index in [1.54, 1.807) is 12.1 Å². The molecule has 2 fully saturated rings. The van der Waals surface area contributed by atoms with Gasteiger partial charge in [0.15, 0.2) is 5.82 Å². The van der Waals surface area contributed by atoms with Crippen molar-refractivity contribution in [2.75, 3.05) is 18.0 Å². The minimum absolute atomic E-state index is 0.0462. The van der Waals surface area contributed by atoms with Gasteiger partial charge in [0.1, 0.15) is 16.3 Å². The Morgan fingerprint density at radius 2 is 2.06 bits per heavy atom. The van der Waals surface area contributed by atoms with Crippen LogP contribution in [-0.4, -0.2) is 45.5 Å². The standard InChI is InChI=1S/C25H19ClFN3O2S/c1-2-21(32)30-12-20-19(30)7-8-29(20)25-17-11-18(26)22(23(27)24(17)28-33-25)16-10-14(31)9-13-5-3-4-6-15(13)16/h2-6,9-11,19-20,31H,1,7-8,12H2/t19-,20-/m0/s1. The molecule has 0 unspecified atom stereocenters. The number of phenols is 1. The van der Waals surface area contributed by atoms with Gasteiger partial charge < -0.3 is 14.9 Å². The summed E-state index contributed by atoms with van der Waals surface area (Å²) in [4.78, 5) is 16.1. The molecule has 3 aromatic carbocycles. The summed E-state index contributed by atoms with van der Waals surface area (Å²) in [6.07, 6.45) is 2.20. The topological polar surface area (TPSA) is 56.7 Å². The molecule has 1 amide bonds. The number of fused-ring (bicyclic) bond motifs is 3. The maximum Gasteiger partial charge on any atom is 0.246 e. The van der Waals surface area contributed by atoms with Crippen LogP contribution >= 0.6 is 23.1 Å². The van der Waals surface area contributed by atoms with Gasteiger partial charge in [0.25, 0.3) is 0 Å². The van der Waals surface area contributed by atoms with Gasteiger partial charge in [-0.05, 0) is 58.6 Å². The van der Waals surface area contributed by atoms with Gasteiger partial charge in [-0.3, -0.25) is 4.79 Å². The second-order valence-corrected chi connectivity index (χ2v) is 9.62. The highest BCUT2D eigenvalue weighted by Gasteiger charge is 2.49. The Kier molecular flexibility index (Phi) is 4.61. The molecule has 1 N–H and O–H groups in total. The summed E-state index contributed by atoms with van der Waals surface area (Å²) < 4.78 is 20.3. The van der Waals surface area contributed by atoms with E-state index in [4.69, 9.17) is 11.6 Å². The highest BCUT2D eigenvalue weighted by molar-refractivity contribution is 7.11. The monoisotopic (exact) mass is 479 g/mol. The van der Waals surface area contributed by atoms with Crippen molar-refractivity contribution in [3.63, 3.8) is 0 Å². The Labute approximate surface area is 198 Å². The summed E-state index contributed by atoms with van der Waals surface area (Å²) in [5, 5.41) is 13.6. The van der Waals surface area contributed by atoms with E-state index in [2.05, 4.69) is 15.9 Å². The molecule has 6 rings (SSSR count). The molecule has 5 nitrogen and oxygen atoms in total. The summed E-state index contributed by atoms with van der Waals surface area (Å²) in [6, 6.07) is 12.8. The number of carbonyl (C=O) groups is 1. The molecule has 2 saturated heterocycles. The third kappa shape index (κ3) is 2.96. The molecule has 166 valence electrons. The zero-order valence-corrected chi connectivity index (χ0v) is 19.0. The average molecular weight is 480 g/mol. The van der Waals surface area contributed by atoms with E-state index < -0.39 is 5.82 Å². The summed E-state index contributed by atoms with van der Waals surface area (Å²) in [6.45, 7) is 4.97. The van der Waals surface area contributed by atoms with Crippen LogP contribution in [0.1, 0.15) is 6.42 Å². The first-order chi connectivity index (χ1) is 16.0. The number of amides is 1. The first kappa shape index (κ1) is 20.4. The first-order valence-electron chi connectivity index (χ1n) is 10.7. The number of hydrogen-bond donors (Lipinski definition) is 1. The van der Waals surface area contributed by atoms with Crippen LogP contribution in [0.4, 0.5) is 9.39 Å². The molecule has 2 aliphatic rings. The molecule has 0 aliphatic carbocycles. The van der Waals surface area contributed by atoms with Crippen molar-refractivity contribution in [3.8, 4) is 16.9 Å². The van der Waals surface area contributed by atoms with Crippen molar-refractivity contribution < 1.29 is 14.3 Å². The lowest BCUT2D eigenvalue weighted by Gasteiger charge is -2.46. The van der Waals surface area contributed by atoms with Crippen molar-refractivity contribution >= 4 is 55.7 Å². The molecular formula is C25H19ClFN3O2S. The Bertz CT molecular complexity index is 1470. The van der Waals surface area contributed by atoms with Crippen molar-refractivity contribution in [1.29, 1.82) is 0 Å². The highest BCUT2D eigenvalue weighted by Crippen LogP contribution is 2.46. The molecule has 0 saturated carbocycles. The largest absolute Gasteiger partial charge is 0.508 e. The Balaban J connectivity index is 1.45. The van der Waals surface area contributed by atoms with E-state index in [9.17, 15) is 9.90 Å². The van der Waals surface area contributed by atoms with E-state index in [0.717, 1.165) is 28.7 Å². The van der Waals surface area contributed by atoms with Gasteiger partial charge in [0.05, 0.1) is 17.1 Å². The molecule has 8 heteroatoms. The van der Waals surface area contributed by atoms with Crippen LogP contribution in [-0.2, 0) is 4.79 Å². The smallest absolute Gasteiger partial charge is 0.246 e. The number of halogens is 2. The fourth-order valence-electron chi connectivity index (χ4n) is 5.20. The van der Waals surface area contributed by atoms with Gasteiger partial charge in [0, 0.05) is 24.0 Å². The molecule has 3 heterocycles. The summed E-state index contributed by atoms with van der Waals surface area (Å²) >= 11 is 7.92. The van der Waals surface area contributed by atoms with Crippen LogP contribution < -0.4 is 4.90 Å². The van der Waals surface area contributed by atoms with E-state index in [1.807, 2.05) is 29.2 Å². The van der Waals surface area contributed by atoms with Gasteiger partial charge in [0.2, 0.25) is 5.91 Å². The Morgan fingerprint density at radius 3 is 2.88 bits per heavy atom. The number of carbonyl (C=O) groups excluding carboxylic acids is 1. The highest BCUT2D eigenvalue weighted by atomic mass is 35.5. The lowest BCUT2D eigenvalue weighted by molar-refractivity contribution is -0.133. The van der Waals surface area contributed by atoms with E-state index in [1.165, 1.54) is 23.7 Å². The predicted molar refractivity (Wildman–Crippen MR) is 131 cm³/mol. The minimum Gasteiger partial charge on any atom is -0.508 e. The number of rotatable bonds is 3. The van der Waals surface area contributed by atoms with Crippen LogP contribution in [0, 0.1) is 5.82 Å². The van der Waals surface area contributed by atoms with Crippen LogP contribution in [0.2, 0.25) is 5.02 Å². The Hall–Kier alpha value is -3.16. The van der Waals surface area contributed by atoms with Gasteiger partial charge in [-0.15, -0.1) is 0 Å². The molecule has 4 aromatic rings. The normalized spacial score (nSPS) is 19.7. The maximum atomic E-state index is 15.9. The average Bonchev–Trinajstić information content (AvgIpc) is 3.34. The maximum absolute atomic E-state index is 15.9. The molecule has 0 bridgehead atoms. The number of aromatic nitrogens is 1. The van der Waals surface area contributed by atoms with Gasteiger partial charge in [-0.1, -0.05) is 42.4 Å². The molecule has 2 aliphatic heterocycles. The molecule has 0 spiro atoms. The number of hydrogen-bond acceptors (Lipinski definition) is 5. The van der Waals surface area contributed by atoms with Crippen molar-refractivity contribution in [2.24, 2.45) is 0 Å². The lowest BCUT2D eigenvalue weighted by Crippen LogP contribution is -2.63. The number of likely N-dealkylation sites (tertiary alicyclic amines) is 1. The number of aromatic hydroxyl groups is 1. The summed E-state index contributed by atoms with van der Waals surface area (Å²) in [5.41, 5.74) is 1.03. The molecule has 2 atom stereocenters. The van der Waals surface area contributed by atoms with E-state index >= 15 is 4.39 Å². The zero-order valence-electron chi connectivity index (χ0n) is 17.5. The number of benzene rings is 3. The minimum atomic E-state index is -0.497. The molecule has 0 radical (unpaired) electrons. The van der Waals surface area contributed by atoms with E-state index in [-0.39, 0.29) is 39.8 Å². The molecule has 1 aromatic heterocycles. The van der Waals surface area contributed by atoms with Crippen molar-refractivity contribution in [2.45, 2.75) is 18.5 Å². The second-order valence-electron chi connectivity index (χ2n) is 8.46. The summed E-state index contributed by atoms with van der Waals surface area (Å²) in [7, 11) is 0. The summed E-state index contributed by atoms with van der Waals surface area (Å²) in [5.74, 6) is -0.502. The number of phenolic OH excluding ortho intramolecular Hbond substituents is 1. The van der Waals surface area contributed by atoms with Gasteiger partial charge in [-0.2, -0.15) is 4.37 Å². The number of nitrogens with zero attached hydrogens (tertiary/aromatic N) is 3. The second kappa shape index (κ2) is 7.43. The third-order valence-corrected chi connectivity index (χ3v) is 7.97. The fourth-order valence-corrected chi connectivity index (χ4v) is 6.43. The Morgan fingerprint density at radius 1 is 1.24 bits per heavy atom. The zero-order chi connectivity index (χ0) is 22.9. The SMILES string of the molecule is C=CC(=O)N1C[C@H]2[C@@H]1CCN2c1snc2c(F)c(-c3cc(O)cc4ccccc34)c(Cl)cc12. The number of anilines is 1. The van der Waals surface area contributed by atoms with Crippen molar-refractivity contribution in [3.05, 3.63) is 66.0 Å². The fraction of sp³-hybridized carbons (Fsp3) is 0.200. The molecule has 33 heavy (non-hydrogen) atoms.